The van der Waals surface area contributed by atoms with Crippen molar-refractivity contribution in [3.63, 3.8) is 0 Å². The number of hydrogen-bond acceptors (Lipinski definition) is 5. The zero-order valence-electron chi connectivity index (χ0n) is 25.4. The minimum Gasteiger partial charge on any atom is -0.381 e. The van der Waals surface area contributed by atoms with Crippen molar-refractivity contribution in [1.82, 2.24) is 9.80 Å². The van der Waals surface area contributed by atoms with Crippen molar-refractivity contribution >= 4 is 29.8 Å². The summed E-state index contributed by atoms with van der Waals surface area (Å²) in [7, 11) is 0. The van der Waals surface area contributed by atoms with Crippen molar-refractivity contribution in [1.29, 1.82) is 0 Å². The monoisotopic (exact) mass is 622 g/mol. The highest BCUT2D eigenvalue weighted by Crippen LogP contribution is 2.38. The lowest BCUT2D eigenvalue weighted by Crippen LogP contribution is -2.42. The summed E-state index contributed by atoms with van der Waals surface area (Å²) in [6, 6.07) is 1.78. The third-order valence-corrected chi connectivity index (χ3v) is 9.38. The summed E-state index contributed by atoms with van der Waals surface area (Å²) in [6.07, 6.45) is 5.59. The molecule has 2 saturated heterocycles. The van der Waals surface area contributed by atoms with Crippen LogP contribution in [-0.4, -0.2) is 79.9 Å². The first-order chi connectivity index (χ1) is 21.1. The van der Waals surface area contributed by atoms with Gasteiger partial charge < -0.3 is 25.1 Å². The zero-order valence-corrected chi connectivity index (χ0v) is 25.4. The number of aldehydes is 1. The summed E-state index contributed by atoms with van der Waals surface area (Å²) in [5.74, 6) is 0.996. The number of ether oxygens (including phenoxy) is 1. The van der Waals surface area contributed by atoms with E-state index in [4.69, 9.17) is 10.5 Å². The quantitative estimate of drug-likeness (QED) is 0.267. The molecule has 4 amide bonds. The van der Waals surface area contributed by atoms with E-state index in [0.717, 1.165) is 63.4 Å². The van der Waals surface area contributed by atoms with Gasteiger partial charge in [0.15, 0.2) is 0 Å². The largest absolute Gasteiger partial charge is 0.418 e. The molecule has 4 rings (SSSR count). The first-order valence-electron chi connectivity index (χ1n) is 16.0. The van der Waals surface area contributed by atoms with Crippen LogP contribution < -0.4 is 10.6 Å². The van der Waals surface area contributed by atoms with Crippen molar-refractivity contribution in [2.75, 3.05) is 50.8 Å². The van der Waals surface area contributed by atoms with Crippen LogP contribution in [0.2, 0.25) is 0 Å². The van der Waals surface area contributed by atoms with E-state index in [0.29, 0.717) is 62.2 Å². The number of piperidine rings is 2. The van der Waals surface area contributed by atoms with E-state index in [1.54, 1.807) is 4.90 Å². The molecule has 1 aromatic rings. The molecule has 0 atom stereocenters. The number of carbonyl (C=O) groups excluding carboxylic acids is 4. The number of carbonyl (C=O) groups is 4. The minimum absolute atomic E-state index is 0.0199. The van der Waals surface area contributed by atoms with Crippen LogP contribution in [0.25, 0.3) is 0 Å². The van der Waals surface area contributed by atoms with E-state index in [-0.39, 0.29) is 30.4 Å². The number of urea groups is 1. The van der Waals surface area contributed by atoms with Crippen molar-refractivity contribution in [2.45, 2.75) is 76.8 Å². The Morgan fingerprint density at radius 1 is 0.932 bits per heavy atom. The predicted octanol–water partition coefficient (Wildman–Crippen LogP) is 5.26. The lowest BCUT2D eigenvalue weighted by molar-refractivity contribution is -0.138. The molecule has 2 N–H and O–H groups in total. The summed E-state index contributed by atoms with van der Waals surface area (Å²) >= 11 is 0. The molecule has 2 heterocycles. The van der Waals surface area contributed by atoms with Gasteiger partial charge in [-0.1, -0.05) is 19.3 Å². The third kappa shape index (κ3) is 8.95. The molecule has 0 spiro atoms. The second kappa shape index (κ2) is 15.7. The molecule has 44 heavy (non-hydrogen) atoms. The van der Waals surface area contributed by atoms with E-state index >= 15 is 0 Å². The van der Waals surface area contributed by atoms with Crippen LogP contribution in [0, 0.1) is 17.8 Å². The van der Waals surface area contributed by atoms with E-state index in [9.17, 15) is 32.3 Å². The second-order valence-electron chi connectivity index (χ2n) is 12.4. The fourth-order valence-corrected chi connectivity index (χ4v) is 6.69. The Morgan fingerprint density at radius 2 is 1.57 bits per heavy atom. The summed E-state index contributed by atoms with van der Waals surface area (Å²) < 4.78 is 47.1. The van der Waals surface area contributed by atoms with E-state index in [1.165, 1.54) is 19.3 Å². The standard InChI is InChI=1S/C32H45F3N4O5/c33-32(34,35)27-8-7-26(21-28(27)39(31(36)43)14-4-19-40)30(42)38-17-11-24(12-18-38)22-44-20-13-23-9-15-37(16-10-23)29(41)25-5-2-1-3-6-25/h7-8,19,21,23-25H,1-6,9-18,20,22H2,(H2,36,43). The van der Waals surface area contributed by atoms with Crippen LogP contribution in [0.3, 0.4) is 0 Å². The van der Waals surface area contributed by atoms with Gasteiger partial charge in [0.25, 0.3) is 5.91 Å². The van der Waals surface area contributed by atoms with Crippen LogP contribution >= 0.6 is 0 Å². The Morgan fingerprint density at radius 3 is 2.18 bits per heavy atom. The third-order valence-electron chi connectivity index (χ3n) is 9.38. The fraction of sp³-hybridized carbons (Fsp3) is 0.688. The topological polar surface area (TPSA) is 113 Å². The van der Waals surface area contributed by atoms with E-state index in [1.807, 2.05) is 0 Å². The lowest BCUT2D eigenvalue weighted by Gasteiger charge is -2.35. The Balaban J connectivity index is 1.20. The molecule has 9 nitrogen and oxygen atoms in total. The maximum absolute atomic E-state index is 13.7. The molecular weight excluding hydrogens is 577 g/mol. The average Bonchev–Trinajstić information content (AvgIpc) is 3.03. The molecule has 0 unspecified atom stereocenters. The minimum atomic E-state index is -4.78. The second-order valence-corrected chi connectivity index (χ2v) is 12.4. The summed E-state index contributed by atoms with van der Waals surface area (Å²) in [5.41, 5.74) is 3.70. The number of hydrogen-bond donors (Lipinski definition) is 1. The van der Waals surface area contributed by atoms with Gasteiger partial charge >= 0.3 is 12.2 Å². The number of rotatable bonds is 11. The van der Waals surface area contributed by atoms with Crippen molar-refractivity contribution < 1.29 is 37.1 Å². The zero-order chi connectivity index (χ0) is 31.7. The normalized spacial score (nSPS) is 19.2. The molecule has 0 radical (unpaired) electrons. The van der Waals surface area contributed by atoms with E-state index in [2.05, 4.69) is 4.90 Å². The molecule has 2 aliphatic heterocycles. The molecule has 1 saturated carbocycles. The van der Waals surface area contributed by atoms with Gasteiger partial charge in [-0.3, -0.25) is 14.5 Å². The van der Waals surface area contributed by atoms with Gasteiger partial charge in [0.2, 0.25) is 5.91 Å². The van der Waals surface area contributed by atoms with Crippen LogP contribution in [-0.2, 0) is 20.5 Å². The van der Waals surface area contributed by atoms with Gasteiger partial charge in [-0.25, -0.2) is 4.79 Å². The van der Waals surface area contributed by atoms with Crippen molar-refractivity contribution in [2.24, 2.45) is 23.5 Å². The highest BCUT2D eigenvalue weighted by molar-refractivity contribution is 5.98. The molecule has 12 heteroatoms. The smallest absolute Gasteiger partial charge is 0.381 e. The molecule has 1 aliphatic carbocycles. The number of alkyl halides is 3. The molecule has 0 aromatic heterocycles. The van der Waals surface area contributed by atoms with Crippen LogP contribution in [0.1, 0.15) is 86.6 Å². The van der Waals surface area contributed by atoms with Gasteiger partial charge in [-0.2, -0.15) is 13.2 Å². The summed E-state index contributed by atoms with van der Waals surface area (Å²) in [5, 5.41) is 0. The average molecular weight is 623 g/mol. The maximum Gasteiger partial charge on any atom is 0.418 e. The predicted molar refractivity (Wildman–Crippen MR) is 159 cm³/mol. The van der Waals surface area contributed by atoms with Gasteiger partial charge in [0, 0.05) is 63.8 Å². The van der Waals surface area contributed by atoms with Gasteiger partial charge in [0.05, 0.1) is 11.3 Å². The van der Waals surface area contributed by atoms with Crippen LogP contribution in [0.4, 0.5) is 23.7 Å². The number of halogens is 3. The number of benzene rings is 1. The number of likely N-dealkylation sites (tertiary alicyclic amines) is 2. The van der Waals surface area contributed by atoms with Gasteiger partial charge in [0.1, 0.15) is 6.29 Å². The lowest BCUT2D eigenvalue weighted by atomic mass is 9.87. The first kappa shape index (κ1) is 33.7. The van der Waals surface area contributed by atoms with Crippen LogP contribution in [0.15, 0.2) is 18.2 Å². The van der Waals surface area contributed by atoms with Gasteiger partial charge in [-0.05, 0) is 75.0 Å². The number of nitrogens with two attached hydrogens (primary N) is 1. The summed E-state index contributed by atoms with van der Waals surface area (Å²) in [6.45, 7) is 3.50. The number of nitrogens with zero attached hydrogens (tertiary/aromatic N) is 3. The first-order valence-corrected chi connectivity index (χ1v) is 16.0. The van der Waals surface area contributed by atoms with Crippen molar-refractivity contribution in [3.8, 4) is 0 Å². The molecule has 3 aliphatic rings. The summed E-state index contributed by atoms with van der Waals surface area (Å²) in [4.78, 5) is 53.1. The Labute approximate surface area is 257 Å². The highest BCUT2D eigenvalue weighted by atomic mass is 19.4. The molecule has 0 bridgehead atoms. The number of primary amides is 1. The Bertz CT molecular complexity index is 1140. The number of amides is 4. The molecule has 3 fully saturated rings. The fourth-order valence-electron chi connectivity index (χ4n) is 6.69. The SMILES string of the molecule is NC(=O)N(CCC=O)c1cc(C(=O)N2CCC(COCCC3CCN(C(=O)C4CCCCC4)CC3)CC2)ccc1C(F)(F)F. The molecule has 244 valence electrons. The van der Waals surface area contributed by atoms with Crippen LogP contribution in [0.5, 0.6) is 0 Å². The Kier molecular flexibility index (Phi) is 12.1. The van der Waals surface area contributed by atoms with E-state index < -0.39 is 29.4 Å². The highest BCUT2D eigenvalue weighted by Gasteiger charge is 2.37. The molecular formula is C32H45F3N4O5. The van der Waals surface area contributed by atoms with Crippen molar-refractivity contribution in [3.05, 3.63) is 29.3 Å². The Hall–Kier alpha value is -3.15. The van der Waals surface area contributed by atoms with Gasteiger partial charge in [-0.15, -0.1) is 0 Å². The maximum atomic E-state index is 13.7. The number of anilines is 1. The molecule has 1 aromatic carbocycles.